The van der Waals surface area contributed by atoms with E-state index in [-0.39, 0.29) is 18.1 Å². The third-order valence-electron chi connectivity index (χ3n) is 5.84. The number of carbonyl (C=O) groups excluding carboxylic acids is 2. The number of hydrogen-bond acceptors (Lipinski definition) is 4. The second-order valence-corrected chi connectivity index (χ2v) is 7.87. The SMILES string of the molecule is CCOc1ccc([C@H]2NC(=O)NC(C)=C2C(=O)O[C@@H]2CC[C@@H](C)[C@@H](C)C2)cc1. The summed E-state index contributed by atoms with van der Waals surface area (Å²) in [5.41, 5.74) is 1.80. The number of allylic oxidation sites excluding steroid dienone is 1. The lowest BCUT2D eigenvalue weighted by Gasteiger charge is -2.33. The number of hydrogen-bond donors (Lipinski definition) is 2. The normalized spacial score (nSPS) is 27.6. The molecule has 0 spiro atoms. The summed E-state index contributed by atoms with van der Waals surface area (Å²) in [6, 6.07) is 6.55. The third kappa shape index (κ3) is 4.49. The van der Waals surface area contributed by atoms with Crippen LogP contribution in [0.15, 0.2) is 35.5 Å². The first-order valence-corrected chi connectivity index (χ1v) is 10.1. The Morgan fingerprint density at radius 2 is 1.86 bits per heavy atom. The van der Waals surface area contributed by atoms with Gasteiger partial charge in [-0.15, -0.1) is 0 Å². The highest BCUT2D eigenvalue weighted by molar-refractivity contribution is 5.95. The van der Waals surface area contributed by atoms with E-state index in [1.165, 1.54) is 0 Å². The summed E-state index contributed by atoms with van der Waals surface area (Å²) in [6.45, 7) is 8.70. The molecule has 6 nitrogen and oxygen atoms in total. The van der Waals surface area contributed by atoms with Crippen molar-refractivity contribution >= 4 is 12.0 Å². The second kappa shape index (κ2) is 8.67. The number of rotatable bonds is 5. The van der Waals surface area contributed by atoms with Gasteiger partial charge in [-0.2, -0.15) is 0 Å². The summed E-state index contributed by atoms with van der Waals surface area (Å²) < 4.78 is 11.3. The van der Waals surface area contributed by atoms with Crippen LogP contribution in [-0.4, -0.2) is 24.7 Å². The highest BCUT2D eigenvalue weighted by atomic mass is 16.5. The largest absolute Gasteiger partial charge is 0.494 e. The van der Waals surface area contributed by atoms with E-state index in [0.29, 0.717) is 29.7 Å². The molecule has 1 aromatic rings. The summed E-state index contributed by atoms with van der Waals surface area (Å²) in [5.74, 6) is 1.58. The minimum absolute atomic E-state index is 0.0717. The number of benzene rings is 1. The van der Waals surface area contributed by atoms with E-state index in [0.717, 1.165) is 30.6 Å². The summed E-state index contributed by atoms with van der Waals surface area (Å²) in [4.78, 5) is 25.1. The molecule has 4 atom stereocenters. The van der Waals surface area contributed by atoms with Gasteiger partial charge in [-0.3, -0.25) is 0 Å². The van der Waals surface area contributed by atoms with Crippen molar-refractivity contribution in [1.82, 2.24) is 10.6 Å². The van der Waals surface area contributed by atoms with E-state index in [4.69, 9.17) is 9.47 Å². The summed E-state index contributed by atoms with van der Waals surface area (Å²) >= 11 is 0. The van der Waals surface area contributed by atoms with Crippen molar-refractivity contribution in [2.75, 3.05) is 6.61 Å². The van der Waals surface area contributed by atoms with Crippen molar-refractivity contribution in [1.29, 1.82) is 0 Å². The van der Waals surface area contributed by atoms with Gasteiger partial charge in [0.25, 0.3) is 0 Å². The van der Waals surface area contributed by atoms with Crippen LogP contribution in [0.5, 0.6) is 5.75 Å². The molecule has 152 valence electrons. The number of urea groups is 1. The van der Waals surface area contributed by atoms with Gasteiger partial charge in [0, 0.05) is 5.70 Å². The molecule has 0 radical (unpaired) electrons. The molecule has 1 saturated carbocycles. The highest BCUT2D eigenvalue weighted by Gasteiger charge is 2.34. The molecule has 2 aliphatic rings. The molecule has 0 bridgehead atoms. The van der Waals surface area contributed by atoms with E-state index in [9.17, 15) is 9.59 Å². The number of esters is 1. The molecule has 1 aliphatic heterocycles. The second-order valence-electron chi connectivity index (χ2n) is 7.87. The molecule has 2 amide bonds. The predicted molar refractivity (Wildman–Crippen MR) is 107 cm³/mol. The maximum Gasteiger partial charge on any atom is 0.338 e. The van der Waals surface area contributed by atoms with Gasteiger partial charge < -0.3 is 20.1 Å². The van der Waals surface area contributed by atoms with Gasteiger partial charge in [-0.05, 0) is 62.6 Å². The van der Waals surface area contributed by atoms with Crippen molar-refractivity contribution in [2.24, 2.45) is 11.8 Å². The maximum atomic E-state index is 13.0. The van der Waals surface area contributed by atoms with E-state index in [1.807, 2.05) is 31.2 Å². The molecule has 1 heterocycles. The summed E-state index contributed by atoms with van der Waals surface area (Å²) in [7, 11) is 0. The van der Waals surface area contributed by atoms with E-state index >= 15 is 0 Å². The molecule has 0 aromatic heterocycles. The lowest BCUT2D eigenvalue weighted by atomic mass is 9.80. The highest BCUT2D eigenvalue weighted by Crippen LogP contribution is 2.33. The standard InChI is InChI=1S/C22H30N2O4/c1-5-27-17-10-7-16(8-11-17)20-19(15(4)23-22(26)24-20)21(25)28-18-9-6-13(2)14(3)12-18/h7-8,10-11,13-14,18,20H,5-6,9,12H2,1-4H3,(H2,23,24,26)/t13-,14+,18-,20-/m1/s1. The molecule has 1 aromatic carbocycles. The predicted octanol–water partition coefficient (Wildman–Crippen LogP) is 4.08. The number of carbonyl (C=O) groups is 2. The fourth-order valence-corrected chi connectivity index (χ4v) is 3.96. The zero-order chi connectivity index (χ0) is 20.3. The quantitative estimate of drug-likeness (QED) is 0.748. The van der Waals surface area contributed by atoms with E-state index in [2.05, 4.69) is 24.5 Å². The first kappa shape index (κ1) is 20.2. The molecular weight excluding hydrogens is 356 g/mol. The zero-order valence-electron chi connectivity index (χ0n) is 17.1. The molecule has 0 unspecified atom stereocenters. The number of nitrogens with one attached hydrogen (secondary N) is 2. The van der Waals surface area contributed by atoms with Crippen molar-refractivity contribution in [3.63, 3.8) is 0 Å². The monoisotopic (exact) mass is 386 g/mol. The van der Waals surface area contributed by atoms with Crippen LogP contribution in [0, 0.1) is 11.8 Å². The average Bonchev–Trinajstić information content (AvgIpc) is 2.65. The topological polar surface area (TPSA) is 76.7 Å². The van der Waals surface area contributed by atoms with Gasteiger partial charge >= 0.3 is 12.0 Å². The maximum absolute atomic E-state index is 13.0. The summed E-state index contributed by atoms with van der Waals surface area (Å²) in [6.07, 6.45) is 2.76. The Balaban J connectivity index is 1.80. The lowest BCUT2D eigenvalue weighted by molar-refractivity contribution is -0.147. The third-order valence-corrected chi connectivity index (χ3v) is 5.84. The van der Waals surface area contributed by atoms with Gasteiger partial charge in [0.1, 0.15) is 11.9 Å². The fourth-order valence-electron chi connectivity index (χ4n) is 3.96. The number of ether oxygens (including phenoxy) is 2. The lowest BCUT2D eigenvalue weighted by Crippen LogP contribution is -2.45. The Hall–Kier alpha value is -2.50. The molecule has 3 rings (SSSR count). The van der Waals surface area contributed by atoms with Crippen LogP contribution in [0.25, 0.3) is 0 Å². The van der Waals surface area contributed by atoms with Gasteiger partial charge in [-0.1, -0.05) is 26.0 Å². The number of amides is 2. The van der Waals surface area contributed by atoms with Crippen molar-refractivity contribution < 1.29 is 19.1 Å². The molecule has 0 saturated heterocycles. The van der Waals surface area contributed by atoms with Gasteiger partial charge in [-0.25, -0.2) is 9.59 Å². The Bertz CT molecular complexity index is 756. The molecule has 1 aliphatic carbocycles. The molecule has 1 fully saturated rings. The summed E-state index contributed by atoms with van der Waals surface area (Å²) in [5, 5.41) is 5.55. The van der Waals surface area contributed by atoms with Crippen LogP contribution in [0.4, 0.5) is 4.79 Å². The average molecular weight is 386 g/mol. The molecular formula is C22H30N2O4. The van der Waals surface area contributed by atoms with Gasteiger partial charge in [0.05, 0.1) is 18.2 Å². The minimum Gasteiger partial charge on any atom is -0.494 e. The van der Waals surface area contributed by atoms with Crippen LogP contribution in [0.3, 0.4) is 0 Å². The van der Waals surface area contributed by atoms with Crippen molar-refractivity contribution in [2.45, 2.75) is 59.1 Å². The Morgan fingerprint density at radius 1 is 1.14 bits per heavy atom. The van der Waals surface area contributed by atoms with Crippen LogP contribution >= 0.6 is 0 Å². The van der Waals surface area contributed by atoms with Crippen molar-refractivity contribution in [3.05, 3.63) is 41.1 Å². The Morgan fingerprint density at radius 3 is 2.50 bits per heavy atom. The first-order valence-electron chi connectivity index (χ1n) is 10.1. The van der Waals surface area contributed by atoms with Gasteiger partial charge in [0.15, 0.2) is 0 Å². The fraction of sp³-hybridized carbons (Fsp3) is 0.545. The van der Waals surface area contributed by atoms with Crippen LogP contribution in [0.2, 0.25) is 0 Å². The minimum atomic E-state index is -0.545. The van der Waals surface area contributed by atoms with Crippen LogP contribution < -0.4 is 15.4 Å². The molecule has 2 N–H and O–H groups in total. The van der Waals surface area contributed by atoms with E-state index < -0.39 is 6.04 Å². The van der Waals surface area contributed by atoms with Crippen LogP contribution in [0.1, 0.15) is 58.6 Å². The zero-order valence-corrected chi connectivity index (χ0v) is 17.1. The molecule has 28 heavy (non-hydrogen) atoms. The molecule has 6 heteroatoms. The smallest absolute Gasteiger partial charge is 0.338 e. The Labute approximate surface area is 166 Å². The Kier molecular flexibility index (Phi) is 6.27. The van der Waals surface area contributed by atoms with Gasteiger partial charge in [0.2, 0.25) is 0 Å². The van der Waals surface area contributed by atoms with E-state index in [1.54, 1.807) is 6.92 Å². The van der Waals surface area contributed by atoms with Crippen LogP contribution in [-0.2, 0) is 9.53 Å². The first-order chi connectivity index (χ1) is 13.4. The van der Waals surface area contributed by atoms with Crippen molar-refractivity contribution in [3.8, 4) is 5.75 Å².